The molecule has 0 aliphatic carbocycles. The maximum atomic E-state index is 13.0. The van der Waals surface area contributed by atoms with E-state index in [1.165, 1.54) is 22.9 Å². The van der Waals surface area contributed by atoms with Gasteiger partial charge in [-0.05, 0) is 44.4 Å². The highest BCUT2D eigenvalue weighted by Crippen LogP contribution is 2.53. The van der Waals surface area contributed by atoms with E-state index in [2.05, 4.69) is 10.6 Å². The van der Waals surface area contributed by atoms with Gasteiger partial charge < -0.3 is 30.9 Å². The van der Waals surface area contributed by atoms with Gasteiger partial charge in [0.05, 0.1) is 24.5 Å². The Morgan fingerprint density at radius 2 is 2.11 bits per heavy atom. The quantitative estimate of drug-likeness (QED) is 0.233. The monoisotopic (exact) mass is 519 g/mol. The zero-order valence-electron chi connectivity index (χ0n) is 21.2. The van der Waals surface area contributed by atoms with Crippen molar-refractivity contribution in [3.05, 3.63) is 10.6 Å². The Kier molecular flexibility index (Phi) is 8.21. The number of hydrogen-bond donors (Lipinski definition) is 4. The number of carbonyl (C=O) groups excluding carboxylic acids is 3. The van der Waals surface area contributed by atoms with Crippen LogP contribution in [-0.4, -0.2) is 95.2 Å². The summed E-state index contributed by atoms with van der Waals surface area (Å²) in [6.07, 6.45) is 3.92. The summed E-state index contributed by atoms with van der Waals surface area (Å²) >= 11 is 1.48. The number of β-lactam (4-membered cyclic amide) rings is 1. The Labute approximate surface area is 216 Å². The van der Waals surface area contributed by atoms with Crippen LogP contribution in [-0.2, 0) is 19.2 Å². The molecule has 4 N–H and O–H groups in total. The Balaban J connectivity index is 1.40. The van der Waals surface area contributed by atoms with Gasteiger partial charge in [-0.3, -0.25) is 14.4 Å². The minimum Gasteiger partial charge on any atom is -0.477 e. The van der Waals surface area contributed by atoms with E-state index < -0.39 is 5.97 Å². The maximum absolute atomic E-state index is 13.0. The SMILES string of the molecule is CNCC(=O)C[C@H](C)[C@H]1C(=O)N2C(C(=O)O)=C(S[C@@H]3CN[C@H](C(=O)N4CC[C@H](CC=N)C4)C3)[C@H](C)C12. The molecule has 0 aromatic carbocycles. The summed E-state index contributed by atoms with van der Waals surface area (Å²) < 4.78 is 0. The number of thioether (sulfide) groups is 1. The van der Waals surface area contributed by atoms with E-state index in [1.54, 1.807) is 7.05 Å². The van der Waals surface area contributed by atoms with Gasteiger partial charge in [0.1, 0.15) is 11.5 Å². The van der Waals surface area contributed by atoms with Crippen molar-refractivity contribution in [2.45, 2.75) is 56.9 Å². The fraction of sp³-hybridized carbons (Fsp3) is 0.720. The van der Waals surface area contributed by atoms with Crippen LogP contribution >= 0.6 is 11.8 Å². The molecule has 3 saturated heterocycles. The number of rotatable bonds is 11. The number of nitrogens with one attached hydrogen (secondary N) is 3. The topological polar surface area (TPSA) is 143 Å². The second kappa shape index (κ2) is 11.0. The van der Waals surface area contributed by atoms with Crippen LogP contribution in [0.5, 0.6) is 0 Å². The molecule has 3 fully saturated rings. The summed E-state index contributed by atoms with van der Waals surface area (Å²) in [6, 6.07) is -0.540. The first-order chi connectivity index (χ1) is 17.2. The minimum absolute atomic E-state index is 0.0348. The van der Waals surface area contributed by atoms with E-state index in [9.17, 15) is 24.3 Å². The molecular formula is C25H37N5O5S. The molecule has 4 aliphatic heterocycles. The first-order valence-electron chi connectivity index (χ1n) is 12.8. The Hall–Kier alpha value is -2.24. The van der Waals surface area contributed by atoms with Crippen molar-refractivity contribution < 1.29 is 24.3 Å². The number of Topliss-reactive ketones (excluding diaryl/α,β-unsaturated/α-hetero) is 1. The van der Waals surface area contributed by atoms with Gasteiger partial charge in [-0.15, -0.1) is 11.8 Å². The third-order valence-electron chi connectivity index (χ3n) is 8.06. The highest BCUT2D eigenvalue weighted by atomic mass is 32.2. The first-order valence-corrected chi connectivity index (χ1v) is 13.7. The van der Waals surface area contributed by atoms with Crippen molar-refractivity contribution in [3.8, 4) is 0 Å². The molecule has 36 heavy (non-hydrogen) atoms. The average molecular weight is 520 g/mol. The average Bonchev–Trinajstić information content (AvgIpc) is 3.53. The molecule has 4 heterocycles. The normalized spacial score (nSPS) is 32.5. The van der Waals surface area contributed by atoms with Crippen molar-refractivity contribution in [2.24, 2.45) is 23.7 Å². The molecule has 1 unspecified atom stereocenters. The van der Waals surface area contributed by atoms with Gasteiger partial charge in [0.25, 0.3) is 0 Å². The number of carbonyl (C=O) groups is 4. The summed E-state index contributed by atoms with van der Waals surface area (Å²) in [6.45, 7) is 6.12. The number of ketones is 1. The highest BCUT2D eigenvalue weighted by Gasteiger charge is 2.60. The Morgan fingerprint density at radius 3 is 2.78 bits per heavy atom. The third-order valence-corrected chi connectivity index (χ3v) is 9.57. The molecule has 7 atom stereocenters. The van der Waals surface area contributed by atoms with Crippen molar-refractivity contribution in [3.63, 3.8) is 0 Å². The van der Waals surface area contributed by atoms with Crippen molar-refractivity contribution in [2.75, 3.05) is 33.2 Å². The van der Waals surface area contributed by atoms with Crippen LogP contribution < -0.4 is 10.6 Å². The summed E-state index contributed by atoms with van der Waals surface area (Å²) in [5.41, 5.74) is 0.0660. The van der Waals surface area contributed by atoms with Gasteiger partial charge in [-0.25, -0.2) is 4.79 Å². The van der Waals surface area contributed by atoms with Gasteiger partial charge in [-0.2, -0.15) is 0 Å². The van der Waals surface area contributed by atoms with Crippen LogP contribution in [0.2, 0.25) is 0 Å². The molecule has 0 bridgehead atoms. The molecule has 0 spiro atoms. The lowest BCUT2D eigenvalue weighted by Crippen LogP contribution is -2.62. The summed E-state index contributed by atoms with van der Waals surface area (Å²) in [7, 11) is 1.71. The molecule has 0 saturated carbocycles. The number of nitrogens with zero attached hydrogens (tertiary/aromatic N) is 2. The molecule has 2 amide bonds. The van der Waals surface area contributed by atoms with Crippen LogP contribution in [0.3, 0.4) is 0 Å². The van der Waals surface area contributed by atoms with Gasteiger partial charge in [-0.1, -0.05) is 13.8 Å². The molecule has 11 heteroatoms. The third kappa shape index (κ3) is 4.97. The largest absolute Gasteiger partial charge is 0.477 e. The van der Waals surface area contributed by atoms with E-state index in [0.717, 1.165) is 6.42 Å². The fourth-order valence-electron chi connectivity index (χ4n) is 6.30. The molecule has 0 aromatic heterocycles. The standard InChI is InChI=1S/C25H37N5O5S/c1-13(8-16(31)10-27-3)19-20-14(2)22(21(25(34)35)30(20)24(19)33)36-17-9-18(28-11-17)23(32)29-7-5-15(12-29)4-6-26/h6,13-15,17-20,26-28H,4-5,7-12H2,1-3H3,(H,34,35)/t13-,14+,15-,17-,18-,19+,20?/m0/s1. The first kappa shape index (κ1) is 26.8. The van der Waals surface area contributed by atoms with Gasteiger partial charge >= 0.3 is 5.97 Å². The number of hydrogen-bond acceptors (Lipinski definition) is 8. The zero-order valence-corrected chi connectivity index (χ0v) is 22.0. The predicted octanol–water partition coefficient (Wildman–Crippen LogP) is 0.926. The number of aliphatic carboxylic acids is 1. The minimum atomic E-state index is -1.11. The van der Waals surface area contributed by atoms with E-state index in [-0.39, 0.29) is 71.3 Å². The molecule has 0 aromatic rings. The lowest BCUT2D eigenvalue weighted by molar-refractivity contribution is -0.160. The van der Waals surface area contributed by atoms with Gasteiger partial charge in [0.2, 0.25) is 11.8 Å². The molecular weight excluding hydrogens is 482 g/mol. The van der Waals surface area contributed by atoms with Gasteiger partial charge in [0.15, 0.2) is 0 Å². The summed E-state index contributed by atoms with van der Waals surface area (Å²) in [4.78, 5) is 54.4. The predicted molar refractivity (Wildman–Crippen MR) is 137 cm³/mol. The second-order valence-electron chi connectivity index (χ2n) is 10.6. The smallest absolute Gasteiger partial charge is 0.353 e. The number of fused-ring (bicyclic) bond motifs is 1. The van der Waals surface area contributed by atoms with Crippen LogP contribution in [0.25, 0.3) is 0 Å². The van der Waals surface area contributed by atoms with E-state index in [1.807, 2.05) is 18.7 Å². The summed E-state index contributed by atoms with van der Waals surface area (Å²) in [5, 5.41) is 23.5. The van der Waals surface area contributed by atoms with E-state index in [4.69, 9.17) is 5.41 Å². The molecule has 10 nitrogen and oxygen atoms in total. The Bertz CT molecular complexity index is 970. The number of likely N-dealkylation sites (tertiary alicyclic amines) is 1. The number of amides is 2. The van der Waals surface area contributed by atoms with Crippen LogP contribution in [0, 0.1) is 29.1 Å². The Morgan fingerprint density at radius 1 is 1.36 bits per heavy atom. The number of carboxylic acid groups (broad SMARTS) is 1. The van der Waals surface area contributed by atoms with Crippen molar-refractivity contribution in [1.29, 1.82) is 5.41 Å². The molecule has 0 radical (unpaired) electrons. The van der Waals surface area contributed by atoms with E-state index in [0.29, 0.717) is 43.3 Å². The fourth-order valence-corrected chi connectivity index (χ4v) is 7.77. The van der Waals surface area contributed by atoms with Gasteiger partial charge in [0, 0.05) is 42.1 Å². The lowest BCUT2D eigenvalue weighted by Gasteiger charge is -2.47. The lowest BCUT2D eigenvalue weighted by atomic mass is 9.73. The maximum Gasteiger partial charge on any atom is 0.353 e. The summed E-state index contributed by atoms with van der Waals surface area (Å²) in [5.74, 6) is -1.51. The number of likely N-dealkylation sites (N-methyl/N-ethyl adjacent to an activating group) is 1. The zero-order chi connectivity index (χ0) is 26.1. The molecule has 4 aliphatic rings. The van der Waals surface area contributed by atoms with Crippen LogP contribution in [0.1, 0.15) is 39.5 Å². The van der Waals surface area contributed by atoms with Crippen molar-refractivity contribution >= 4 is 41.5 Å². The molecule has 198 valence electrons. The molecule has 4 rings (SSSR count). The van der Waals surface area contributed by atoms with Crippen molar-refractivity contribution in [1.82, 2.24) is 20.4 Å². The second-order valence-corrected chi connectivity index (χ2v) is 11.9. The van der Waals surface area contributed by atoms with Crippen LogP contribution in [0.15, 0.2) is 10.6 Å². The number of carboxylic acids is 1. The van der Waals surface area contributed by atoms with Crippen LogP contribution in [0.4, 0.5) is 0 Å². The highest BCUT2D eigenvalue weighted by molar-refractivity contribution is 8.03. The van der Waals surface area contributed by atoms with E-state index >= 15 is 0 Å².